The van der Waals surface area contributed by atoms with Gasteiger partial charge in [-0.25, -0.2) is 0 Å². The molecule has 1 atom stereocenters. The Bertz CT molecular complexity index is 558. The Morgan fingerprint density at radius 3 is 2.41 bits per heavy atom. The van der Waals surface area contributed by atoms with Crippen molar-refractivity contribution in [3.05, 3.63) is 71.8 Å². The molecule has 2 aromatic carbocycles. The first-order valence-corrected chi connectivity index (χ1v) is 5.57. The topological polar surface area (TPSA) is 29.5 Å². The Morgan fingerprint density at radius 1 is 0.882 bits per heavy atom. The molecule has 1 aliphatic rings. The minimum atomic E-state index is -0.602. The Labute approximate surface area is 99.8 Å². The first-order chi connectivity index (χ1) is 8.34. The number of fused-ring (bicyclic) bond motifs is 1. The third-order valence-electron chi connectivity index (χ3n) is 2.83. The summed E-state index contributed by atoms with van der Waals surface area (Å²) in [5, 5.41) is 10.0. The van der Waals surface area contributed by atoms with Gasteiger partial charge >= 0.3 is 0 Å². The van der Waals surface area contributed by atoms with E-state index in [0.717, 1.165) is 16.9 Å². The van der Waals surface area contributed by atoms with Crippen molar-refractivity contribution < 1.29 is 9.84 Å². The highest BCUT2D eigenvalue weighted by molar-refractivity contribution is 5.66. The lowest BCUT2D eigenvalue weighted by molar-refractivity contribution is 0.217. The number of para-hydroxylation sites is 1. The van der Waals surface area contributed by atoms with Gasteiger partial charge < -0.3 is 9.84 Å². The van der Waals surface area contributed by atoms with Crippen molar-refractivity contribution in [1.82, 2.24) is 0 Å². The molecule has 2 heteroatoms. The zero-order valence-electron chi connectivity index (χ0n) is 9.21. The minimum absolute atomic E-state index is 0.602. The molecule has 1 heterocycles. The van der Waals surface area contributed by atoms with Gasteiger partial charge in [-0.2, -0.15) is 0 Å². The van der Waals surface area contributed by atoms with Gasteiger partial charge in [-0.15, -0.1) is 0 Å². The van der Waals surface area contributed by atoms with Crippen molar-refractivity contribution in [3.8, 4) is 5.75 Å². The van der Waals surface area contributed by atoms with Gasteiger partial charge in [-0.1, -0.05) is 48.5 Å². The van der Waals surface area contributed by atoms with E-state index in [1.807, 2.05) is 54.6 Å². The predicted octanol–water partition coefficient (Wildman–Crippen LogP) is 3.15. The summed E-state index contributed by atoms with van der Waals surface area (Å²) < 4.78 is 5.79. The molecule has 17 heavy (non-hydrogen) atoms. The van der Waals surface area contributed by atoms with Gasteiger partial charge in [0.05, 0.1) is 0 Å². The SMILES string of the molecule is O[C@@H]1C=C(c2ccccc2)Oc2ccccc21. The number of rotatable bonds is 1. The predicted molar refractivity (Wildman–Crippen MR) is 66.4 cm³/mol. The lowest BCUT2D eigenvalue weighted by atomic mass is 10.0. The Morgan fingerprint density at radius 2 is 1.59 bits per heavy atom. The molecule has 0 saturated carbocycles. The highest BCUT2D eigenvalue weighted by Gasteiger charge is 2.19. The quantitative estimate of drug-likeness (QED) is 0.806. The van der Waals surface area contributed by atoms with E-state index < -0.39 is 6.10 Å². The summed E-state index contributed by atoms with van der Waals surface area (Å²) in [6, 6.07) is 17.3. The van der Waals surface area contributed by atoms with Crippen LogP contribution in [0.15, 0.2) is 60.7 Å². The minimum Gasteiger partial charge on any atom is -0.457 e. The summed E-state index contributed by atoms with van der Waals surface area (Å²) >= 11 is 0. The third kappa shape index (κ3) is 1.83. The van der Waals surface area contributed by atoms with Crippen LogP contribution in [0.4, 0.5) is 0 Å². The molecule has 1 N–H and O–H groups in total. The summed E-state index contributed by atoms with van der Waals surface area (Å²) in [4.78, 5) is 0. The van der Waals surface area contributed by atoms with Crippen LogP contribution in [0.25, 0.3) is 5.76 Å². The van der Waals surface area contributed by atoms with Gasteiger partial charge in [0, 0.05) is 11.1 Å². The molecular formula is C15H12O2. The van der Waals surface area contributed by atoms with Crippen LogP contribution in [0.3, 0.4) is 0 Å². The van der Waals surface area contributed by atoms with E-state index in [1.54, 1.807) is 6.08 Å². The van der Waals surface area contributed by atoms with Crippen molar-refractivity contribution in [2.45, 2.75) is 6.10 Å². The van der Waals surface area contributed by atoms with E-state index in [9.17, 15) is 5.11 Å². The molecule has 0 bridgehead atoms. The number of aliphatic hydroxyl groups excluding tert-OH is 1. The van der Waals surface area contributed by atoms with Crippen molar-refractivity contribution in [1.29, 1.82) is 0 Å². The van der Waals surface area contributed by atoms with Crippen molar-refractivity contribution in [2.75, 3.05) is 0 Å². The normalized spacial score (nSPS) is 17.9. The Kier molecular flexibility index (Phi) is 2.42. The molecule has 0 fully saturated rings. The Hall–Kier alpha value is -2.06. The average Bonchev–Trinajstić information content (AvgIpc) is 2.40. The summed E-state index contributed by atoms with van der Waals surface area (Å²) in [5.74, 6) is 1.43. The molecule has 0 spiro atoms. The maximum atomic E-state index is 10.0. The van der Waals surface area contributed by atoms with Gasteiger partial charge in [0.15, 0.2) is 0 Å². The lowest BCUT2D eigenvalue weighted by Gasteiger charge is -2.21. The summed E-state index contributed by atoms with van der Waals surface area (Å²) in [6.07, 6.45) is 1.13. The van der Waals surface area contributed by atoms with Crippen LogP contribution >= 0.6 is 0 Å². The fourth-order valence-corrected chi connectivity index (χ4v) is 1.96. The molecule has 1 aliphatic heterocycles. The molecule has 0 unspecified atom stereocenters. The zero-order valence-corrected chi connectivity index (χ0v) is 9.21. The van der Waals surface area contributed by atoms with E-state index in [4.69, 9.17) is 4.74 Å². The molecule has 3 rings (SSSR count). The summed E-state index contributed by atoms with van der Waals surface area (Å²) in [6.45, 7) is 0. The van der Waals surface area contributed by atoms with Crippen LogP contribution in [-0.4, -0.2) is 5.11 Å². The molecule has 84 valence electrons. The second-order valence-corrected chi connectivity index (χ2v) is 3.98. The standard InChI is InChI=1S/C15H12O2/c16-13-10-15(11-6-2-1-3-7-11)17-14-9-5-4-8-12(13)14/h1-10,13,16H/t13-/m1/s1. The van der Waals surface area contributed by atoms with Gasteiger partial charge in [0.25, 0.3) is 0 Å². The van der Waals surface area contributed by atoms with Crippen molar-refractivity contribution >= 4 is 5.76 Å². The van der Waals surface area contributed by atoms with Crippen molar-refractivity contribution in [3.63, 3.8) is 0 Å². The van der Waals surface area contributed by atoms with Gasteiger partial charge in [-0.05, 0) is 12.1 Å². The lowest BCUT2D eigenvalue weighted by Crippen LogP contribution is -2.08. The van der Waals surface area contributed by atoms with Crippen LogP contribution in [0, 0.1) is 0 Å². The molecule has 2 nitrogen and oxygen atoms in total. The van der Waals surface area contributed by atoms with E-state index in [1.165, 1.54) is 0 Å². The number of hydrogen-bond acceptors (Lipinski definition) is 2. The van der Waals surface area contributed by atoms with Crippen LogP contribution in [0.2, 0.25) is 0 Å². The third-order valence-corrected chi connectivity index (χ3v) is 2.83. The zero-order chi connectivity index (χ0) is 11.7. The molecule has 0 saturated heterocycles. The Balaban J connectivity index is 2.02. The first kappa shape index (κ1) is 10.1. The number of aliphatic hydroxyl groups is 1. The second-order valence-electron chi connectivity index (χ2n) is 3.98. The average molecular weight is 224 g/mol. The largest absolute Gasteiger partial charge is 0.457 e. The first-order valence-electron chi connectivity index (χ1n) is 5.57. The fourth-order valence-electron chi connectivity index (χ4n) is 1.96. The fraction of sp³-hybridized carbons (Fsp3) is 0.0667. The molecule has 0 amide bonds. The maximum Gasteiger partial charge on any atom is 0.133 e. The monoisotopic (exact) mass is 224 g/mol. The molecular weight excluding hydrogens is 212 g/mol. The molecule has 0 aromatic heterocycles. The van der Waals surface area contributed by atoms with E-state index in [2.05, 4.69) is 0 Å². The smallest absolute Gasteiger partial charge is 0.133 e. The van der Waals surface area contributed by atoms with E-state index in [0.29, 0.717) is 5.76 Å². The maximum absolute atomic E-state index is 10.0. The number of hydrogen-bond donors (Lipinski definition) is 1. The van der Waals surface area contributed by atoms with Gasteiger partial charge in [0.2, 0.25) is 0 Å². The van der Waals surface area contributed by atoms with E-state index in [-0.39, 0.29) is 0 Å². The van der Waals surface area contributed by atoms with E-state index >= 15 is 0 Å². The summed E-state index contributed by atoms with van der Waals surface area (Å²) in [5.41, 5.74) is 1.79. The highest BCUT2D eigenvalue weighted by atomic mass is 16.5. The van der Waals surface area contributed by atoms with Crippen LogP contribution in [0.1, 0.15) is 17.2 Å². The molecule has 0 aliphatic carbocycles. The van der Waals surface area contributed by atoms with Gasteiger partial charge in [0.1, 0.15) is 17.6 Å². The summed E-state index contributed by atoms with van der Waals surface area (Å²) in [7, 11) is 0. The van der Waals surface area contributed by atoms with Crippen LogP contribution in [0.5, 0.6) is 5.75 Å². The molecule has 2 aromatic rings. The van der Waals surface area contributed by atoms with Crippen LogP contribution in [-0.2, 0) is 0 Å². The van der Waals surface area contributed by atoms with Crippen molar-refractivity contribution in [2.24, 2.45) is 0 Å². The second kappa shape index (κ2) is 4.07. The molecule has 0 radical (unpaired) electrons. The number of ether oxygens (including phenoxy) is 1. The highest BCUT2D eigenvalue weighted by Crippen LogP contribution is 2.35. The van der Waals surface area contributed by atoms with Crippen LogP contribution < -0.4 is 4.74 Å². The van der Waals surface area contributed by atoms with Gasteiger partial charge in [-0.3, -0.25) is 0 Å². The number of benzene rings is 2.